The zero-order valence-electron chi connectivity index (χ0n) is 10.4. The number of aromatic amines is 1. The Morgan fingerprint density at radius 1 is 1.25 bits per heavy atom. The first-order valence-electron chi connectivity index (χ1n) is 5.88. The van der Waals surface area contributed by atoms with Crippen LogP contribution >= 0.6 is 15.9 Å². The average molecular weight is 334 g/mol. The zero-order valence-corrected chi connectivity index (χ0v) is 12.0. The summed E-state index contributed by atoms with van der Waals surface area (Å²) in [5.74, 6) is -0.628. The third-order valence-electron chi connectivity index (χ3n) is 2.93. The highest BCUT2D eigenvalue weighted by molar-refractivity contribution is 9.10. The summed E-state index contributed by atoms with van der Waals surface area (Å²) in [6.45, 7) is 1.45. The third-order valence-corrected chi connectivity index (χ3v) is 3.53. The van der Waals surface area contributed by atoms with Gasteiger partial charge < -0.3 is 4.98 Å². The van der Waals surface area contributed by atoms with Crippen LogP contribution in [0.3, 0.4) is 0 Å². The molecule has 1 N–H and O–H groups in total. The lowest BCUT2D eigenvalue weighted by Gasteiger charge is -2.06. The molecular weight excluding hydrogens is 325 g/mol. The zero-order chi connectivity index (χ0) is 14.3. The van der Waals surface area contributed by atoms with Crippen molar-refractivity contribution < 1.29 is 4.39 Å². The lowest BCUT2D eigenvalue weighted by Crippen LogP contribution is -2.16. The van der Waals surface area contributed by atoms with Crippen molar-refractivity contribution in [2.45, 2.75) is 6.92 Å². The summed E-state index contributed by atoms with van der Waals surface area (Å²) in [5, 5.41) is 0.962. The van der Waals surface area contributed by atoms with Gasteiger partial charge in [-0.25, -0.2) is 9.97 Å². The number of halogens is 2. The van der Waals surface area contributed by atoms with Gasteiger partial charge in [-0.05, 0) is 35.0 Å². The highest BCUT2D eigenvalue weighted by Crippen LogP contribution is 2.27. The Bertz CT molecular complexity index is 876. The number of nitrogens with zero attached hydrogens (tertiary/aromatic N) is 2. The van der Waals surface area contributed by atoms with Crippen molar-refractivity contribution >= 4 is 26.8 Å². The van der Waals surface area contributed by atoms with Crippen LogP contribution in [0.5, 0.6) is 0 Å². The van der Waals surface area contributed by atoms with Gasteiger partial charge in [0.15, 0.2) is 5.82 Å². The number of pyridine rings is 1. The largest absolute Gasteiger partial charge is 0.303 e. The Labute approximate surface area is 121 Å². The number of benzene rings is 1. The first-order valence-corrected chi connectivity index (χ1v) is 6.67. The van der Waals surface area contributed by atoms with Gasteiger partial charge >= 0.3 is 0 Å². The molecule has 0 aliphatic rings. The van der Waals surface area contributed by atoms with Gasteiger partial charge in [-0.1, -0.05) is 18.2 Å². The van der Waals surface area contributed by atoms with E-state index in [0.29, 0.717) is 10.2 Å². The minimum atomic E-state index is -0.870. The standard InChI is InChI=1S/C14H9BrFN3O/c1-7-11(16)14(20)19-13(17-7)12-9(15)6-8-4-2-3-5-10(8)18-12/h2-6H,1H3,(H,17,19,20). The molecule has 0 aliphatic heterocycles. The number of fused-ring (bicyclic) bond motifs is 1. The fourth-order valence-electron chi connectivity index (χ4n) is 1.94. The van der Waals surface area contributed by atoms with Crippen LogP contribution in [-0.4, -0.2) is 15.0 Å². The van der Waals surface area contributed by atoms with E-state index in [9.17, 15) is 9.18 Å². The van der Waals surface area contributed by atoms with Gasteiger partial charge in [0.05, 0.1) is 11.2 Å². The maximum Gasteiger partial charge on any atom is 0.287 e. The van der Waals surface area contributed by atoms with E-state index in [2.05, 4.69) is 30.9 Å². The molecule has 0 amide bonds. The molecule has 4 nitrogen and oxygen atoms in total. The third kappa shape index (κ3) is 2.12. The van der Waals surface area contributed by atoms with Gasteiger partial charge in [-0.3, -0.25) is 4.79 Å². The summed E-state index contributed by atoms with van der Waals surface area (Å²) in [5.41, 5.74) is 0.499. The van der Waals surface area contributed by atoms with Crippen LogP contribution in [0.15, 0.2) is 39.6 Å². The van der Waals surface area contributed by atoms with E-state index >= 15 is 0 Å². The second-order valence-corrected chi connectivity index (χ2v) is 5.18. The molecule has 1 aromatic carbocycles. The van der Waals surface area contributed by atoms with Crippen molar-refractivity contribution in [2.75, 3.05) is 0 Å². The van der Waals surface area contributed by atoms with E-state index in [-0.39, 0.29) is 11.5 Å². The van der Waals surface area contributed by atoms with Gasteiger partial charge in [0.2, 0.25) is 5.82 Å². The number of hydrogen-bond acceptors (Lipinski definition) is 3. The van der Waals surface area contributed by atoms with E-state index in [4.69, 9.17) is 0 Å². The Balaban J connectivity index is 2.29. The van der Waals surface area contributed by atoms with Crippen LogP contribution < -0.4 is 5.56 Å². The topological polar surface area (TPSA) is 58.6 Å². The van der Waals surface area contributed by atoms with Crippen molar-refractivity contribution in [3.63, 3.8) is 0 Å². The van der Waals surface area contributed by atoms with Crippen molar-refractivity contribution in [3.8, 4) is 11.5 Å². The van der Waals surface area contributed by atoms with Gasteiger partial charge in [0.1, 0.15) is 5.69 Å². The maximum absolute atomic E-state index is 13.3. The van der Waals surface area contributed by atoms with E-state index < -0.39 is 11.4 Å². The molecule has 0 saturated heterocycles. The molecule has 3 rings (SSSR count). The highest BCUT2D eigenvalue weighted by Gasteiger charge is 2.13. The molecule has 0 bridgehead atoms. The Kier molecular flexibility index (Phi) is 3.10. The molecular formula is C14H9BrFN3O. The van der Waals surface area contributed by atoms with E-state index in [1.165, 1.54) is 6.92 Å². The number of hydrogen-bond donors (Lipinski definition) is 1. The predicted octanol–water partition coefficient (Wildman–Crippen LogP) is 3.20. The van der Waals surface area contributed by atoms with Crippen LogP contribution in [0.4, 0.5) is 4.39 Å². The molecule has 0 spiro atoms. The number of H-pyrrole nitrogens is 1. The summed E-state index contributed by atoms with van der Waals surface area (Å²) in [4.78, 5) is 22.4. The lowest BCUT2D eigenvalue weighted by atomic mass is 10.2. The van der Waals surface area contributed by atoms with Crippen molar-refractivity contribution in [1.29, 1.82) is 0 Å². The lowest BCUT2D eigenvalue weighted by molar-refractivity contribution is 0.589. The number of aryl methyl sites for hydroxylation is 1. The quantitative estimate of drug-likeness (QED) is 0.743. The summed E-state index contributed by atoms with van der Waals surface area (Å²) in [7, 11) is 0. The monoisotopic (exact) mass is 333 g/mol. The highest BCUT2D eigenvalue weighted by atomic mass is 79.9. The number of aromatic nitrogens is 3. The minimum absolute atomic E-state index is 0.0469. The molecule has 0 radical (unpaired) electrons. The fraction of sp³-hybridized carbons (Fsp3) is 0.0714. The second-order valence-electron chi connectivity index (χ2n) is 4.33. The molecule has 0 aliphatic carbocycles. The van der Waals surface area contributed by atoms with E-state index in [0.717, 1.165) is 10.9 Å². The normalized spacial score (nSPS) is 10.9. The minimum Gasteiger partial charge on any atom is -0.303 e. The second kappa shape index (κ2) is 4.79. The van der Waals surface area contributed by atoms with E-state index in [1.807, 2.05) is 30.3 Å². The first-order chi connectivity index (χ1) is 9.56. The number of para-hydroxylation sites is 1. The molecule has 0 unspecified atom stereocenters. The smallest absolute Gasteiger partial charge is 0.287 e. The molecule has 2 aromatic heterocycles. The van der Waals surface area contributed by atoms with E-state index in [1.54, 1.807) is 0 Å². The summed E-state index contributed by atoms with van der Waals surface area (Å²) < 4.78 is 14.0. The predicted molar refractivity (Wildman–Crippen MR) is 78.0 cm³/mol. The number of nitrogens with one attached hydrogen (secondary N) is 1. The van der Waals surface area contributed by atoms with Gasteiger partial charge in [0, 0.05) is 9.86 Å². The summed E-state index contributed by atoms with van der Waals surface area (Å²) >= 11 is 3.40. The fourth-order valence-corrected chi connectivity index (χ4v) is 2.46. The average Bonchev–Trinajstić information content (AvgIpc) is 2.43. The molecule has 100 valence electrons. The summed E-state index contributed by atoms with van der Waals surface area (Å²) in [6.07, 6.45) is 0. The van der Waals surface area contributed by atoms with Crippen LogP contribution in [0.1, 0.15) is 5.69 Å². The number of rotatable bonds is 1. The van der Waals surface area contributed by atoms with Crippen molar-refractivity contribution in [3.05, 3.63) is 56.7 Å². The molecule has 2 heterocycles. The Morgan fingerprint density at radius 2 is 2.00 bits per heavy atom. The summed E-state index contributed by atoms with van der Waals surface area (Å²) in [6, 6.07) is 9.47. The molecule has 0 fully saturated rings. The molecule has 0 atom stereocenters. The van der Waals surface area contributed by atoms with Crippen molar-refractivity contribution in [2.24, 2.45) is 0 Å². The van der Waals surface area contributed by atoms with Gasteiger partial charge in [-0.15, -0.1) is 0 Å². The molecule has 6 heteroatoms. The van der Waals surface area contributed by atoms with Crippen LogP contribution in [0.2, 0.25) is 0 Å². The van der Waals surface area contributed by atoms with Crippen LogP contribution in [0.25, 0.3) is 22.4 Å². The maximum atomic E-state index is 13.3. The first kappa shape index (κ1) is 12.9. The molecule has 3 aromatic rings. The van der Waals surface area contributed by atoms with Crippen molar-refractivity contribution in [1.82, 2.24) is 15.0 Å². The van der Waals surface area contributed by atoms with Crippen LogP contribution in [-0.2, 0) is 0 Å². The van der Waals surface area contributed by atoms with Gasteiger partial charge in [-0.2, -0.15) is 4.39 Å². The SMILES string of the molecule is Cc1nc(-c2nc3ccccc3cc2Br)[nH]c(=O)c1F. The van der Waals surface area contributed by atoms with Crippen LogP contribution in [0, 0.1) is 12.7 Å². The van der Waals surface area contributed by atoms with Gasteiger partial charge in [0.25, 0.3) is 5.56 Å². The molecule has 0 saturated carbocycles. The Morgan fingerprint density at radius 3 is 2.75 bits per heavy atom. The molecule has 20 heavy (non-hydrogen) atoms. The Hall–Kier alpha value is -2.08.